The molecule has 1 unspecified atom stereocenters. The summed E-state index contributed by atoms with van der Waals surface area (Å²) >= 11 is 0. The Morgan fingerprint density at radius 2 is 2.04 bits per heavy atom. The van der Waals surface area contributed by atoms with Crippen molar-refractivity contribution in [2.24, 2.45) is 0 Å². The van der Waals surface area contributed by atoms with Crippen LogP contribution in [-0.2, 0) is 9.84 Å². The summed E-state index contributed by atoms with van der Waals surface area (Å²) in [6.45, 7) is 4.42. The third kappa shape index (κ3) is 4.35. The Kier molecular flexibility index (Phi) is 5.82. The molecule has 1 N–H and O–H groups in total. The number of nitrogens with zero attached hydrogens (tertiary/aromatic N) is 2. The van der Waals surface area contributed by atoms with E-state index in [1.165, 1.54) is 0 Å². The third-order valence-corrected chi connectivity index (χ3v) is 6.96. The Balaban J connectivity index is 1.65. The fraction of sp³-hybridized carbons (Fsp3) is 0.667. The van der Waals surface area contributed by atoms with E-state index in [0.717, 1.165) is 32.4 Å². The molecule has 2 saturated heterocycles. The number of carbonyl (C=O) groups excluding carboxylic acids is 2. The number of amides is 1. The fourth-order valence-electron chi connectivity index (χ4n) is 3.79. The largest absolute Gasteiger partial charge is 0.356 e. The van der Waals surface area contributed by atoms with Crippen LogP contribution < -0.4 is 0 Å². The number of rotatable bonds is 7. The molecule has 7 nitrogen and oxygen atoms in total. The van der Waals surface area contributed by atoms with E-state index in [9.17, 15) is 18.0 Å². The molecule has 0 aliphatic carbocycles. The normalized spacial score (nSPS) is 22.2. The Bertz CT molecular complexity index is 765. The van der Waals surface area contributed by atoms with Crippen molar-refractivity contribution in [1.29, 1.82) is 0 Å². The van der Waals surface area contributed by atoms with Crippen LogP contribution >= 0.6 is 0 Å². The highest BCUT2D eigenvalue weighted by atomic mass is 32.2. The van der Waals surface area contributed by atoms with E-state index in [0.29, 0.717) is 24.2 Å². The second kappa shape index (κ2) is 7.92. The highest BCUT2D eigenvalue weighted by Crippen LogP contribution is 2.19. The van der Waals surface area contributed by atoms with Gasteiger partial charge in [0.05, 0.1) is 18.1 Å². The first-order chi connectivity index (χ1) is 12.4. The number of nitrogens with one attached hydrogen (secondary N) is 1. The van der Waals surface area contributed by atoms with Crippen LogP contribution in [0.25, 0.3) is 0 Å². The minimum atomic E-state index is -2.99. The van der Waals surface area contributed by atoms with Gasteiger partial charge in [0, 0.05) is 30.9 Å². The molecule has 0 bridgehead atoms. The minimum absolute atomic E-state index is 0.0612. The summed E-state index contributed by atoms with van der Waals surface area (Å²) in [4.78, 5) is 31.8. The lowest BCUT2D eigenvalue weighted by Crippen LogP contribution is -2.40. The van der Waals surface area contributed by atoms with Gasteiger partial charge in [0.2, 0.25) is 0 Å². The van der Waals surface area contributed by atoms with Crippen LogP contribution in [0.4, 0.5) is 0 Å². The van der Waals surface area contributed by atoms with Crippen LogP contribution in [0.5, 0.6) is 0 Å². The van der Waals surface area contributed by atoms with Crippen molar-refractivity contribution < 1.29 is 18.0 Å². The van der Waals surface area contributed by atoms with E-state index in [2.05, 4.69) is 4.98 Å². The van der Waals surface area contributed by atoms with E-state index in [4.69, 9.17) is 0 Å². The smallest absolute Gasteiger partial charge is 0.270 e. The molecule has 8 heteroatoms. The molecule has 1 atom stereocenters. The van der Waals surface area contributed by atoms with Gasteiger partial charge in [0.15, 0.2) is 15.6 Å². The lowest BCUT2D eigenvalue weighted by Gasteiger charge is -2.26. The second-order valence-electron chi connectivity index (χ2n) is 7.25. The third-order valence-electron chi connectivity index (χ3n) is 5.21. The van der Waals surface area contributed by atoms with Crippen molar-refractivity contribution in [3.63, 3.8) is 0 Å². The standard InChI is InChI=1S/C18H27N3O4S/c1-2-6-21(15-5-9-26(24,25)13-15)12-17(22)14-10-16(19-11-14)18(23)20-7-3-4-8-20/h10-11,15,19H,2-9,12-13H2,1H3. The topological polar surface area (TPSA) is 90.6 Å². The average molecular weight is 381 g/mol. The van der Waals surface area contributed by atoms with Crippen LogP contribution in [0.2, 0.25) is 0 Å². The van der Waals surface area contributed by atoms with Gasteiger partial charge in [-0.1, -0.05) is 6.92 Å². The zero-order chi connectivity index (χ0) is 18.7. The first-order valence-electron chi connectivity index (χ1n) is 9.35. The predicted octanol–water partition coefficient (Wildman–Crippen LogP) is 1.33. The number of aromatic amines is 1. The summed E-state index contributed by atoms with van der Waals surface area (Å²) in [6, 6.07) is 1.53. The van der Waals surface area contributed by atoms with Crippen molar-refractivity contribution in [2.75, 3.05) is 37.7 Å². The molecule has 2 fully saturated rings. The van der Waals surface area contributed by atoms with E-state index >= 15 is 0 Å². The van der Waals surface area contributed by atoms with Crippen molar-refractivity contribution in [1.82, 2.24) is 14.8 Å². The van der Waals surface area contributed by atoms with Crippen molar-refractivity contribution in [3.8, 4) is 0 Å². The van der Waals surface area contributed by atoms with Gasteiger partial charge in [-0.15, -0.1) is 0 Å². The first-order valence-corrected chi connectivity index (χ1v) is 11.2. The molecule has 144 valence electrons. The Hall–Kier alpha value is -1.67. The van der Waals surface area contributed by atoms with Crippen molar-refractivity contribution in [3.05, 3.63) is 23.5 Å². The van der Waals surface area contributed by atoms with Crippen molar-refractivity contribution in [2.45, 2.75) is 38.6 Å². The molecule has 0 saturated carbocycles. The second-order valence-corrected chi connectivity index (χ2v) is 9.48. The maximum atomic E-state index is 12.7. The molecule has 0 spiro atoms. The van der Waals surface area contributed by atoms with Crippen LogP contribution in [0.15, 0.2) is 12.3 Å². The molecule has 2 aliphatic heterocycles. The molecule has 0 radical (unpaired) electrons. The maximum absolute atomic E-state index is 12.7. The Morgan fingerprint density at radius 1 is 1.31 bits per heavy atom. The number of hydrogen-bond donors (Lipinski definition) is 1. The molecule has 1 aromatic rings. The molecule has 3 heterocycles. The lowest BCUT2D eigenvalue weighted by atomic mass is 10.1. The number of hydrogen-bond acceptors (Lipinski definition) is 5. The van der Waals surface area contributed by atoms with Gasteiger partial charge in [-0.3, -0.25) is 14.5 Å². The quantitative estimate of drug-likeness (QED) is 0.720. The number of likely N-dealkylation sites (tertiary alicyclic amines) is 1. The summed E-state index contributed by atoms with van der Waals surface area (Å²) in [5.74, 6) is 0.185. The van der Waals surface area contributed by atoms with Gasteiger partial charge in [-0.2, -0.15) is 0 Å². The molecule has 1 amide bonds. The molecule has 3 rings (SSSR count). The molecule has 2 aliphatic rings. The molecule has 26 heavy (non-hydrogen) atoms. The zero-order valence-corrected chi connectivity index (χ0v) is 16.1. The molecular formula is C18H27N3O4S. The van der Waals surface area contributed by atoms with Crippen LogP contribution in [0, 0.1) is 0 Å². The number of carbonyl (C=O) groups is 2. The van der Waals surface area contributed by atoms with Gasteiger partial charge >= 0.3 is 0 Å². The maximum Gasteiger partial charge on any atom is 0.270 e. The summed E-state index contributed by atoms with van der Waals surface area (Å²) in [5, 5.41) is 0. The van der Waals surface area contributed by atoms with E-state index in [-0.39, 0.29) is 35.8 Å². The minimum Gasteiger partial charge on any atom is -0.356 e. The van der Waals surface area contributed by atoms with E-state index < -0.39 is 9.84 Å². The number of sulfone groups is 1. The molecule has 1 aromatic heterocycles. The van der Waals surface area contributed by atoms with Crippen LogP contribution in [0.1, 0.15) is 53.5 Å². The van der Waals surface area contributed by atoms with E-state index in [1.54, 1.807) is 17.2 Å². The summed E-state index contributed by atoms with van der Waals surface area (Å²) in [6.07, 6.45) is 5.07. The van der Waals surface area contributed by atoms with Crippen LogP contribution in [0.3, 0.4) is 0 Å². The van der Waals surface area contributed by atoms with Crippen molar-refractivity contribution >= 4 is 21.5 Å². The SMILES string of the molecule is CCCN(CC(=O)c1c[nH]c(C(=O)N2CCCC2)c1)C1CCS(=O)(=O)C1. The van der Waals surface area contributed by atoms with Gasteiger partial charge < -0.3 is 9.88 Å². The van der Waals surface area contributed by atoms with Gasteiger partial charge in [-0.05, 0) is 38.3 Å². The zero-order valence-electron chi connectivity index (χ0n) is 15.2. The number of ketones is 1. The first kappa shape index (κ1) is 19.1. The Morgan fingerprint density at radius 3 is 2.65 bits per heavy atom. The summed E-state index contributed by atoms with van der Waals surface area (Å²) < 4.78 is 23.5. The highest BCUT2D eigenvalue weighted by molar-refractivity contribution is 7.91. The van der Waals surface area contributed by atoms with Crippen LogP contribution in [-0.4, -0.2) is 78.6 Å². The molecular weight excluding hydrogens is 354 g/mol. The van der Waals surface area contributed by atoms with Gasteiger partial charge in [-0.25, -0.2) is 8.42 Å². The average Bonchev–Trinajstić information content (AvgIpc) is 3.34. The van der Waals surface area contributed by atoms with Gasteiger partial charge in [0.1, 0.15) is 5.69 Å². The summed E-state index contributed by atoms with van der Waals surface area (Å²) in [5.41, 5.74) is 0.926. The molecule has 0 aromatic carbocycles. The number of aromatic nitrogens is 1. The monoisotopic (exact) mass is 381 g/mol. The fourth-order valence-corrected chi connectivity index (χ4v) is 5.55. The Labute approximate surface area is 154 Å². The predicted molar refractivity (Wildman–Crippen MR) is 99.2 cm³/mol. The highest BCUT2D eigenvalue weighted by Gasteiger charge is 2.33. The summed E-state index contributed by atoms with van der Waals surface area (Å²) in [7, 11) is -2.99. The lowest BCUT2D eigenvalue weighted by molar-refractivity contribution is 0.0787. The van der Waals surface area contributed by atoms with E-state index in [1.807, 2.05) is 11.8 Å². The van der Waals surface area contributed by atoms with Gasteiger partial charge in [0.25, 0.3) is 5.91 Å². The number of H-pyrrole nitrogens is 1. The number of Topliss-reactive ketones (excluding diaryl/α,β-unsaturated/α-hetero) is 1.